The minimum Gasteiger partial charge on any atom is -0.454 e. The molecule has 3 aromatic heterocycles. The molecule has 4 N–H and O–H groups in total. The third-order valence-corrected chi connectivity index (χ3v) is 4.65. The lowest BCUT2D eigenvalue weighted by Gasteiger charge is -2.09. The van der Waals surface area contributed by atoms with Crippen LogP contribution >= 0.6 is 11.3 Å². The van der Waals surface area contributed by atoms with Crippen molar-refractivity contribution in [2.75, 3.05) is 11.5 Å². The molecule has 0 saturated carbocycles. The van der Waals surface area contributed by atoms with E-state index < -0.39 is 5.97 Å². The Hall–Kier alpha value is -3.59. The van der Waals surface area contributed by atoms with Gasteiger partial charge in [0, 0.05) is 5.39 Å². The summed E-state index contributed by atoms with van der Waals surface area (Å²) in [5, 5.41) is 2.66. The Labute approximate surface area is 157 Å². The van der Waals surface area contributed by atoms with E-state index in [4.69, 9.17) is 16.2 Å². The number of esters is 1. The van der Waals surface area contributed by atoms with Crippen LogP contribution in [-0.2, 0) is 11.3 Å². The number of rotatable bonds is 4. The molecule has 0 aliphatic heterocycles. The molecule has 0 atom stereocenters. The van der Waals surface area contributed by atoms with E-state index in [9.17, 15) is 4.79 Å². The summed E-state index contributed by atoms with van der Waals surface area (Å²) < 4.78 is 5.38. The number of hydrogen-bond acceptors (Lipinski definition) is 9. The Balaban J connectivity index is 1.68. The first kappa shape index (κ1) is 16.9. The van der Waals surface area contributed by atoms with Crippen molar-refractivity contribution < 1.29 is 9.53 Å². The minimum atomic E-state index is -0.510. The van der Waals surface area contributed by atoms with Gasteiger partial charge in [-0.05, 0) is 23.6 Å². The van der Waals surface area contributed by atoms with Crippen molar-refractivity contribution in [3.8, 4) is 10.6 Å². The molecule has 9 heteroatoms. The summed E-state index contributed by atoms with van der Waals surface area (Å²) in [7, 11) is 0. The minimum absolute atomic E-state index is 0.0251. The van der Waals surface area contributed by atoms with Crippen molar-refractivity contribution in [3.05, 3.63) is 59.2 Å². The largest absolute Gasteiger partial charge is 0.454 e. The van der Waals surface area contributed by atoms with Gasteiger partial charge in [0.2, 0.25) is 11.9 Å². The van der Waals surface area contributed by atoms with Gasteiger partial charge >= 0.3 is 5.97 Å². The lowest BCUT2D eigenvalue weighted by atomic mass is 10.1. The van der Waals surface area contributed by atoms with Crippen LogP contribution in [0.3, 0.4) is 0 Å². The molecule has 0 radical (unpaired) electrons. The van der Waals surface area contributed by atoms with Gasteiger partial charge in [0.15, 0.2) is 12.4 Å². The number of nitrogens with zero attached hydrogens (tertiary/aromatic N) is 4. The van der Waals surface area contributed by atoms with Gasteiger partial charge < -0.3 is 16.2 Å². The molecule has 0 bridgehead atoms. The molecule has 8 nitrogen and oxygen atoms in total. The van der Waals surface area contributed by atoms with Gasteiger partial charge in [0.05, 0.1) is 21.7 Å². The van der Waals surface area contributed by atoms with E-state index in [1.807, 2.05) is 41.8 Å². The zero-order valence-corrected chi connectivity index (χ0v) is 14.8. The van der Waals surface area contributed by atoms with E-state index in [2.05, 4.69) is 19.9 Å². The highest BCUT2D eigenvalue weighted by Gasteiger charge is 2.16. The summed E-state index contributed by atoms with van der Waals surface area (Å²) in [6, 6.07) is 13.0. The molecular weight excluding hydrogens is 364 g/mol. The molecule has 0 aliphatic rings. The van der Waals surface area contributed by atoms with Crippen molar-refractivity contribution >= 4 is 40.1 Å². The van der Waals surface area contributed by atoms with E-state index in [-0.39, 0.29) is 24.3 Å². The fourth-order valence-corrected chi connectivity index (χ4v) is 3.31. The molecular formula is C18H14N6O2S. The zero-order chi connectivity index (χ0) is 18.8. The molecule has 0 aliphatic carbocycles. The third-order valence-electron chi connectivity index (χ3n) is 3.76. The molecule has 1 aromatic carbocycles. The van der Waals surface area contributed by atoms with E-state index in [0.717, 1.165) is 4.88 Å². The molecule has 0 spiro atoms. The molecule has 3 heterocycles. The first-order chi connectivity index (χ1) is 13.1. The average Bonchev–Trinajstić information content (AvgIpc) is 3.19. The van der Waals surface area contributed by atoms with Gasteiger partial charge in [-0.1, -0.05) is 24.3 Å². The Morgan fingerprint density at radius 2 is 1.78 bits per heavy atom. The highest BCUT2D eigenvalue weighted by molar-refractivity contribution is 7.13. The standard InChI is InChI=1S/C18H14N6O2S/c19-17-22-15(23-18(20)24-17)9-26-16(25)11-8-13(14-6-3-7-27-14)21-12-5-2-1-4-10(11)12/h1-8H,9H2,(H4,19,20,22,23,24). The fraction of sp³-hybridized carbons (Fsp3) is 0.0556. The monoisotopic (exact) mass is 378 g/mol. The number of aromatic nitrogens is 4. The Morgan fingerprint density at radius 3 is 2.52 bits per heavy atom. The lowest BCUT2D eigenvalue weighted by molar-refractivity contribution is 0.0464. The van der Waals surface area contributed by atoms with Crippen LogP contribution in [0.4, 0.5) is 11.9 Å². The van der Waals surface area contributed by atoms with E-state index >= 15 is 0 Å². The Kier molecular flexibility index (Phi) is 4.35. The lowest BCUT2D eigenvalue weighted by Crippen LogP contribution is -2.11. The number of para-hydroxylation sites is 1. The smallest absolute Gasteiger partial charge is 0.339 e. The summed E-state index contributed by atoms with van der Waals surface area (Å²) in [5.41, 5.74) is 12.9. The molecule has 0 fully saturated rings. The number of hydrogen-bond donors (Lipinski definition) is 2. The van der Waals surface area contributed by atoms with Crippen LogP contribution in [0.2, 0.25) is 0 Å². The summed E-state index contributed by atoms with van der Waals surface area (Å²) in [5.74, 6) is -0.375. The summed E-state index contributed by atoms with van der Waals surface area (Å²) in [6.45, 7) is -0.166. The molecule has 27 heavy (non-hydrogen) atoms. The summed E-state index contributed by atoms with van der Waals surface area (Å²) >= 11 is 1.55. The second kappa shape index (κ2) is 6.96. The first-order valence-electron chi connectivity index (χ1n) is 7.97. The second-order valence-electron chi connectivity index (χ2n) is 5.59. The predicted molar refractivity (Wildman–Crippen MR) is 103 cm³/mol. The number of pyridine rings is 1. The molecule has 0 saturated heterocycles. The third kappa shape index (κ3) is 3.53. The normalized spacial score (nSPS) is 10.8. The van der Waals surface area contributed by atoms with Crippen LogP contribution < -0.4 is 11.5 Å². The highest BCUT2D eigenvalue weighted by atomic mass is 32.1. The van der Waals surface area contributed by atoms with Crippen molar-refractivity contribution in [2.24, 2.45) is 0 Å². The number of anilines is 2. The SMILES string of the molecule is Nc1nc(N)nc(COC(=O)c2cc(-c3cccs3)nc3ccccc23)n1. The number of ether oxygens (including phenoxy) is 1. The molecule has 4 rings (SSSR count). The Bertz CT molecular complexity index is 1110. The number of nitrogen functional groups attached to an aromatic ring is 2. The van der Waals surface area contributed by atoms with Crippen LogP contribution in [0, 0.1) is 0 Å². The zero-order valence-electron chi connectivity index (χ0n) is 14.0. The number of benzene rings is 1. The topological polar surface area (TPSA) is 130 Å². The molecule has 4 aromatic rings. The van der Waals surface area contributed by atoms with Gasteiger partial charge in [0.25, 0.3) is 0 Å². The number of carbonyl (C=O) groups excluding carboxylic acids is 1. The van der Waals surface area contributed by atoms with Crippen LogP contribution in [-0.4, -0.2) is 25.9 Å². The van der Waals surface area contributed by atoms with Crippen molar-refractivity contribution in [2.45, 2.75) is 6.61 Å². The number of nitrogens with two attached hydrogens (primary N) is 2. The van der Waals surface area contributed by atoms with Gasteiger partial charge in [0.1, 0.15) is 0 Å². The van der Waals surface area contributed by atoms with E-state index in [1.165, 1.54) is 0 Å². The predicted octanol–water partition coefficient (Wildman–Crippen LogP) is 2.67. The number of fused-ring (bicyclic) bond motifs is 1. The number of thiophene rings is 1. The molecule has 134 valence electrons. The van der Waals surface area contributed by atoms with E-state index in [1.54, 1.807) is 17.4 Å². The maximum absolute atomic E-state index is 12.7. The van der Waals surface area contributed by atoms with Crippen molar-refractivity contribution in [1.29, 1.82) is 0 Å². The summed E-state index contributed by atoms with van der Waals surface area (Å²) in [6.07, 6.45) is 0. The van der Waals surface area contributed by atoms with Crippen LogP contribution in [0.5, 0.6) is 0 Å². The van der Waals surface area contributed by atoms with Crippen LogP contribution in [0.1, 0.15) is 16.2 Å². The highest BCUT2D eigenvalue weighted by Crippen LogP contribution is 2.28. The van der Waals surface area contributed by atoms with Gasteiger partial charge in [-0.3, -0.25) is 0 Å². The van der Waals surface area contributed by atoms with Gasteiger partial charge in [-0.2, -0.15) is 15.0 Å². The summed E-state index contributed by atoms with van der Waals surface area (Å²) in [4.78, 5) is 29.8. The van der Waals surface area contributed by atoms with Crippen molar-refractivity contribution in [1.82, 2.24) is 19.9 Å². The van der Waals surface area contributed by atoms with Gasteiger partial charge in [-0.25, -0.2) is 9.78 Å². The maximum atomic E-state index is 12.7. The second-order valence-corrected chi connectivity index (χ2v) is 6.54. The van der Waals surface area contributed by atoms with Crippen LogP contribution in [0.15, 0.2) is 47.8 Å². The molecule has 0 unspecified atom stereocenters. The quantitative estimate of drug-likeness (QED) is 0.518. The average molecular weight is 378 g/mol. The van der Waals surface area contributed by atoms with E-state index in [0.29, 0.717) is 22.2 Å². The maximum Gasteiger partial charge on any atom is 0.339 e. The molecule has 0 amide bonds. The number of carbonyl (C=O) groups is 1. The van der Waals surface area contributed by atoms with Gasteiger partial charge in [-0.15, -0.1) is 11.3 Å². The fourth-order valence-electron chi connectivity index (χ4n) is 2.62. The van der Waals surface area contributed by atoms with Crippen LogP contribution in [0.25, 0.3) is 21.5 Å². The van der Waals surface area contributed by atoms with Crippen molar-refractivity contribution in [3.63, 3.8) is 0 Å². The Morgan fingerprint density at radius 1 is 1.00 bits per heavy atom. The first-order valence-corrected chi connectivity index (χ1v) is 8.85.